The summed E-state index contributed by atoms with van der Waals surface area (Å²) >= 11 is 0. The van der Waals surface area contributed by atoms with Crippen LogP contribution in [0.2, 0.25) is 0 Å². The van der Waals surface area contributed by atoms with Crippen molar-refractivity contribution >= 4 is 0 Å². The van der Waals surface area contributed by atoms with Gasteiger partial charge in [-0.1, -0.05) is 12.1 Å². The third-order valence-electron chi connectivity index (χ3n) is 3.69. The third kappa shape index (κ3) is 2.49. The SMILES string of the molecule is Cc1ccc(-n2ccc(-c3ccc(C)c(C#N)c3)n2)c(C)n1. The molecule has 2 aromatic heterocycles. The first-order valence-electron chi connectivity index (χ1n) is 7.10. The molecule has 0 aliphatic carbocycles. The molecule has 0 N–H and O–H groups in total. The van der Waals surface area contributed by atoms with Crippen molar-refractivity contribution in [1.29, 1.82) is 5.26 Å². The van der Waals surface area contributed by atoms with E-state index >= 15 is 0 Å². The molecule has 4 nitrogen and oxygen atoms in total. The van der Waals surface area contributed by atoms with Crippen molar-refractivity contribution in [3.05, 3.63) is 65.1 Å². The second-order valence-electron chi connectivity index (χ2n) is 5.34. The molecule has 108 valence electrons. The molecule has 4 heteroatoms. The predicted molar refractivity (Wildman–Crippen MR) is 85.7 cm³/mol. The summed E-state index contributed by atoms with van der Waals surface area (Å²) in [5.41, 5.74) is 6.34. The number of nitriles is 1. The van der Waals surface area contributed by atoms with Gasteiger partial charge in [0.05, 0.1) is 28.7 Å². The van der Waals surface area contributed by atoms with Crippen molar-refractivity contribution < 1.29 is 0 Å². The standard InChI is InChI=1S/C18H16N4/c1-12-4-6-15(10-16(12)11-19)17-8-9-22(21-17)18-7-5-13(2)20-14(18)3/h4-10H,1-3H3. The summed E-state index contributed by atoms with van der Waals surface area (Å²) in [4.78, 5) is 4.47. The van der Waals surface area contributed by atoms with E-state index in [1.54, 1.807) is 0 Å². The van der Waals surface area contributed by atoms with E-state index in [-0.39, 0.29) is 0 Å². The molecular weight excluding hydrogens is 272 g/mol. The van der Waals surface area contributed by atoms with Crippen molar-refractivity contribution in [2.24, 2.45) is 0 Å². The van der Waals surface area contributed by atoms with Gasteiger partial charge in [0.15, 0.2) is 0 Å². The first kappa shape index (κ1) is 14.0. The van der Waals surface area contributed by atoms with E-state index in [9.17, 15) is 0 Å². The lowest BCUT2D eigenvalue weighted by Gasteiger charge is -2.06. The minimum absolute atomic E-state index is 0.681. The molecule has 0 atom stereocenters. The number of aryl methyl sites for hydroxylation is 3. The van der Waals surface area contributed by atoms with Crippen LogP contribution in [0.25, 0.3) is 16.9 Å². The Morgan fingerprint density at radius 2 is 1.86 bits per heavy atom. The Bertz CT molecular complexity index is 884. The lowest BCUT2D eigenvalue weighted by atomic mass is 10.0. The first-order chi connectivity index (χ1) is 10.6. The topological polar surface area (TPSA) is 54.5 Å². The predicted octanol–water partition coefficient (Wildman–Crippen LogP) is 3.73. The van der Waals surface area contributed by atoms with Gasteiger partial charge in [-0.05, 0) is 50.6 Å². The number of nitrogens with zero attached hydrogens (tertiary/aromatic N) is 4. The average molecular weight is 288 g/mol. The molecule has 2 heterocycles. The van der Waals surface area contributed by atoms with E-state index in [4.69, 9.17) is 5.26 Å². The van der Waals surface area contributed by atoms with Crippen LogP contribution in [-0.4, -0.2) is 14.8 Å². The first-order valence-corrected chi connectivity index (χ1v) is 7.10. The molecule has 0 fully saturated rings. The minimum Gasteiger partial charge on any atom is -0.256 e. The molecule has 22 heavy (non-hydrogen) atoms. The molecule has 0 unspecified atom stereocenters. The highest BCUT2D eigenvalue weighted by Crippen LogP contribution is 2.22. The van der Waals surface area contributed by atoms with Gasteiger partial charge < -0.3 is 0 Å². The molecule has 3 aromatic rings. The molecule has 0 spiro atoms. The van der Waals surface area contributed by atoms with Crippen LogP contribution in [0, 0.1) is 32.1 Å². The molecule has 0 bridgehead atoms. The molecule has 0 aliphatic rings. The van der Waals surface area contributed by atoms with Crippen molar-refractivity contribution in [1.82, 2.24) is 14.8 Å². The highest BCUT2D eigenvalue weighted by atomic mass is 15.3. The maximum Gasteiger partial charge on any atom is 0.0994 e. The number of benzene rings is 1. The third-order valence-corrected chi connectivity index (χ3v) is 3.69. The van der Waals surface area contributed by atoms with E-state index in [0.29, 0.717) is 5.56 Å². The van der Waals surface area contributed by atoms with Gasteiger partial charge in [0.2, 0.25) is 0 Å². The Kier molecular flexibility index (Phi) is 3.48. The molecule has 0 saturated carbocycles. The Hall–Kier alpha value is -2.93. The summed E-state index contributed by atoms with van der Waals surface area (Å²) < 4.78 is 1.82. The van der Waals surface area contributed by atoms with E-state index in [1.165, 1.54) is 0 Å². The molecule has 3 rings (SSSR count). The second-order valence-corrected chi connectivity index (χ2v) is 5.34. The van der Waals surface area contributed by atoms with E-state index < -0.39 is 0 Å². The Labute approximate surface area is 129 Å². The monoisotopic (exact) mass is 288 g/mol. The minimum atomic E-state index is 0.681. The van der Waals surface area contributed by atoms with E-state index in [0.717, 1.165) is 33.9 Å². The van der Waals surface area contributed by atoms with Crippen LogP contribution < -0.4 is 0 Å². The highest BCUT2D eigenvalue weighted by Gasteiger charge is 2.08. The highest BCUT2D eigenvalue weighted by molar-refractivity contribution is 5.62. The fraction of sp³-hybridized carbons (Fsp3) is 0.167. The van der Waals surface area contributed by atoms with Crippen LogP contribution in [0.4, 0.5) is 0 Å². The molecule has 0 saturated heterocycles. The zero-order chi connectivity index (χ0) is 15.7. The number of hydrogen-bond acceptors (Lipinski definition) is 3. The van der Waals surface area contributed by atoms with Gasteiger partial charge in [-0.2, -0.15) is 10.4 Å². The Morgan fingerprint density at radius 1 is 1.05 bits per heavy atom. The van der Waals surface area contributed by atoms with Gasteiger partial charge in [-0.3, -0.25) is 4.98 Å². The van der Waals surface area contributed by atoms with Crippen molar-refractivity contribution in [2.75, 3.05) is 0 Å². The average Bonchev–Trinajstić information content (AvgIpc) is 2.97. The zero-order valence-electron chi connectivity index (χ0n) is 12.8. The normalized spacial score (nSPS) is 10.5. The largest absolute Gasteiger partial charge is 0.256 e. The molecule has 0 amide bonds. The quantitative estimate of drug-likeness (QED) is 0.722. The van der Waals surface area contributed by atoms with Gasteiger partial charge >= 0.3 is 0 Å². The summed E-state index contributed by atoms with van der Waals surface area (Å²) in [6.07, 6.45) is 1.92. The van der Waals surface area contributed by atoms with Crippen LogP contribution in [-0.2, 0) is 0 Å². The maximum absolute atomic E-state index is 9.15. The van der Waals surface area contributed by atoms with Gasteiger partial charge in [-0.15, -0.1) is 0 Å². The number of aromatic nitrogens is 3. The van der Waals surface area contributed by atoms with Crippen LogP contribution in [0.15, 0.2) is 42.6 Å². The number of rotatable bonds is 2. The summed E-state index contributed by atoms with van der Waals surface area (Å²) in [7, 11) is 0. The van der Waals surface area contributed by atoms with Crippen molar-refractivity contribution in [2.45, 2.75) is 20.8 Å². The Balaban J connectivity index is 2.02. The van der Waals surface area contributed by atoms with Crippen LogP contribution in [0.5, 0.6) is 0 Å². The lowest BCUT2D eigenvalue weighted by Crippen LogP contribution is -2.00. The molecule has 1 aromatic carbocycles. The zero-order valence-corrected chi connectivity index (χ0v) is 12.8. The number of pyridine rings is 1. The van der Waals surface area contributed by atoms with Gasteiger partial charge in [0, 0.05) is 17.5 Å². The van der Waals surface area contributed by atoms with E-state index in [2.05, 4.69) is 16.2 Å². The van der Waals surface area contributed by atoms with Gasteiger partial charge in [-0.25, -0.2) is 4.68 Å². The summed E-state index contributed by atoms with van der Waals surface area (Å²) in [5.74, 6) is 0. The molecule has 0 aliphatic heterocycles. The van der Waals surface area contributed by atoms with Crippen molar-refractivity contribution in [3.8, 4) is 23.0 Å². The number of hydrogen-bond donors (Lipinski definition) is 0. The molecule has 0 radical (unpaired) electrons. The Morgan fingerprint density at radius 3 is 2.59 bits per heavy atom. The van der Waals surface area contributed by atoms with Gasteiger partial charge in [0.1, 0.15) is 0 Å². The lowest BCUT2D eigenvalue weighted by molar-refractivity contribution is 0.861. The fourth-order valence-electron chi connectivity index (χ4n) is 2.44. The molecular formula is C18H16N4. The maximum atomic E-state index is 9.15. The van der Waals surface area contributed by atoms with Crippen molar-refractivity contribution in [3.63, 3.8) is 0 Å². The fourth-order valence-corrected chi connectivity index (χ4v) is 2.44. The summed E-state index contributed by atoms with van der Waals surface area (Å²) in [5, 5.41) is 13.8. The second kappa shape index (κ2) is 5.45. The summed E-state index contributed by atoms with van der Waals surface area (Å²) in [6.45, 7) is 5.88. The smallest absolute Gasteiger partial charge is 0.0994 e. The van der Waals surface area contributed by atoms with Crippen LogP contribution in [0.1, 0.15) is 22.5 Å². The van der Waals surface area contributed by atoms with Crippen LogP contribution in [0.3, 0.4) is 0 Å². The summed E-state index contributed by atoms with van der Waals surface area (Å²) in [6, 6.07) is 14.0. The van der Waals surface area contributed by atoms with Crippen LogP contribution >= 0.6 is 0 Å². The van der Waals surface area contributed by atoms with Gasteiger partial charge in [0.25, 0.3) is 0 Å². The van der Waals surface area contributed by atoms with E-state index in [1.807, 2.05) is 68.0 Å².